The Kier molecular flexibility index (Phi) is 15.4. The van der Waals surface area contributed by atoms with Crippen LogP contribution in [0.4, 0.5) is 0 Å². The van der Waals surface area contributed by atoms with Crippen molar-refractivity contribution in [3.05, 3.63) is 0 Å². The molecule has 0 atom stereocenters. The number of carbonyl (C=O) groups is 4. The summed E-state index contributed by atoms with van der Waals surface area (Å²) in [4.78, 5) is 47.1. The molecule has 36 heavy (non-hydrogen) atoms. The zero-order chi connectivity index (χ0) is 27.8. The number of nitrogens with one attached hydrogen (secondary N) is 1. The molecule has 0 spiro atoms. The third kappa shape index (κ3) is 19.0. The maximum atomic E-state index is 12.3. The molecule has 0 aromatic carbocycles. The number of carboxylic acid groups (broad SMARTS) is 1. The zero-order valence-electron chi connectivity index (χ0n) is 22.6. The summed E-state index contributed by atoms with van der Waals surface area (Å²) in [6.45, 7) is 9.81. The van der Waals surface area contributed by atoms with Gasteiger partial charge in [-0.2, -0.15) is 0 Å². The van der Waals surface area contributed by atoms with Gasteiger partial charge in [0.1, 0.15) is 23.3 Å². The van der Waals surface area contributed by atoms with Crippen molar-refractivity contribution in [3.63, 3.8) is 0 Å². The van der Waals surface area contributed by atoms with Crippen LogP contribution in [0.2, 0.25) is 0 Å². The van der Waals surface area contributed by atoms with Gasteiger partial charge < -0.3 is 38.8 Å². The lowest BCUT2D eigenvalue weighted by atomic mass is 10.0. The molecule has 12 heteroatoms. The van der Waals surface area contributed by atoms with E-state index < -0.39 is 40.6 Å². The van der Waals surface area contributed by atoms with Crippen molar-refractivity contribution in [2.75, 3.05) is 53.4 Å². The van der Waals surface area contributed by atoms with E-state index in [9.17, 15) is 19.2 Å². The molecule has 0 radical (unpaired) electrons. The average molecular weight is 522 g/mol. The minimum Gasteiger partial charge on any atom is -0.481 e. The maximum Gasteiger partial charge on any atom is 0.308 e. The van der Waals surface area contributed by atoms with Crippen LogP contribution in [0.15, 0.2) is 0 Å². The SMILES string of the molecule is COCC(=O)NC(COCCC(=O)O)(COCCC(=O)OC(C)(C)C)COCCC(=O)OC(C)(C)C. The number of carboxylic acids is 1. The molecular formula is C24H43NO11. The van der Waals surface area contributed by atoms with Gasteiger partial charge in [-0.3, -0.25) is 19.2 Å². The van der Waals surface area contributed by atoms with E-state index in [4.69, 9.17) is 33.5 Å². The van der Waals surface area contributed by atoms with E-state index in [1.165, 1.54) is 7.11 Å². The number of hydrogen-bond acceptors (Lipinski definition) is 10. The van der Waals surface area contributed by atoms with Gasteiger partial charge >= 0.3 is 17.9 Å². The molecule has 0 saturated carbocycles. The summed E-state index contributed by atoms with van der Waals surface area (Å²) in [6.07, 6.45) is -0.265. The van der Waals surface area contributed by atoms with Crippen LogP contribution in [0.5, 0.6) is 0 Å². The smallest absolute Gasteiger partial charge is 0.308 e. The van der Waals surface area contributed by atoms with Gasteiger partial charge in [-0.15, -0.1) is 0 Å². The Labute approximate surface area is 213 Å². The molecule has 210 valence electrons. The molecule has 0 heterocycles. The van der Waals surface area contributed by atoms with Gasteiger partial charge in [0.2, 0.25) is 5.91 Å². The molecule has 0 aliphatic heterocycles. The van der Waals surface area contributed by atoms with E-state index >= 15 is 0 Å². The molecule has 0 aromatic heterocycles. The lowest BCUT2D eigenvalue weighted by Crippen LogP contribution is -2.59. The third-order valence-electron chi connectivity index (χ3n) is 4.02. The van der Waals surface area contributed by atoms with Crippen LogP contribution in [-0.4, -0.2) is 99.0 Å². The minimum atomic E-state index is -1.24. The monoisotopic (exact) mass is 521 g/mol. The van der Waals surface area contributed by atoms with Crippen LogP contribution < -0.4 is 5.32 Å². The average Bonchev–Trinajstić information content (AvgIpc) is 2.69. The van der Waals surface area contributed by atoms with Crippen molar-refractivity contribution >= 4 is 23.8 Å². The van der Waals surface area contributed by atoms with Crippen LogP contribution in [0.1, 0.15) is 60.8 Å². The maximum absolute atomic E-state index is 12.3. The lowest BCUT2D eigenvalue weighted by Gasteiger charge is -2.34. The van der Waals surface area contributed by atoms with Crippen LogP contribution >= 0.6 is 0 Å². The fraction of sp³-hybridized carbons (Fsp3) is 0.833. The molecule has 0 bridgehead atoms. The summed E-state index contributed by atoms with van der Waals surface area (Å²) < 4.78 is 32.2. The van der Waals surface area contributed by atoms with E-state index in [0.29, 0.717) is 0 Å². The fourth-order valence-corrected chi connectivity index (χ4v) is 2.75. The molecule has 0 rings (SSSR count). The first-order valence-electron chi connectivity index (χ1n) is 11.8. The van der Waals surface area contributed by atoms with Crippen molar-refractivity contribution in [1.29, 1.82) is 0 Å². The van der Waals surface area contributed by atoms with E-state index in [-0.39, 0.29) is 65.5 Å². The first-order valence-corrected chi connectivity index (χ1v) is 11.8. The number of hydrogen-bond donors (Lipinski definition) is 2. The largest absolute Gasteiger partial charge is 0.481 e. The zero-order valence-corrected chi connectivity index (χ0v) is 22.6. The van der Waals surface area contributed by atoms with Gasteiger partial charge in [-0.1, -0.05) is 0 Å². The van der Waals surface area contributed by atoms with Crippen LogP contribution in [0.25, 0.3) is 0 Å². The molecule has 12 nitrogen and oxygen atoms in total. The van der Waals surface area contributed by atoms with Gasteiger partial charge in [0.05, 0.1) is 58.9 Å². The standard InChI is InChI=1S/C24H43NO11/c1-22(2,3)35-20(29)9-12-33-16-24(25-18(26)14-31-7,15-32-11-8-19(27)28)17-34-13-10-21(30)36-23(4,5)6/h8-17H2,1-7H3,(H,25,26)(H,27,28). The predicted octanol–water partition coefficient (Wildman–Crippen LogP) is 1.48. The van der Waals surface area contributed by atoms with Crippen molar-refractivity contribution in [2.24, 2.45) is 0 Å². The summed E-state index contributed by atoms with van der Waals surface area (Å²) in [5.74, 6) is -2.40. The van der Waals surface area contributed by atoms with Gasteiger partial charge in [0.25, 0.3) is 0 Å². The highest BCUT2D eigenvalue weighted by Gasteiger charge is 2.34. The molecule has 2 N–H and O–H groups in total. The Morgan fingerprint density at radius 1 is 0.694 bits per heavy atom. The molecular weight excluding hydrogens is 478 g/mol. The first kappa shape index (κ1) is 33.7. The van der Waals surface area contributed by atoms with Crippen LogP contribution in [0.3, 0.4) is 0 Å². The first-order chi connectivity index (χ1) is 16.6. The molecule has 0 saturated heterocycles. The number of ether oxygens (including phenoxy) is 6. The van der Waals surface area contributed by atoms with E-state index in [0.717, 1.165) is 0 Å². The van der Waals surface area contributed by atoms with E-state index in [2.05, 4.69) is 5.32 Å². The molecule has 0 unspecified atom stereocenters. The van der Waals surface area contributed by atoms with Gasteiger partial charge in [0.15, 0.2) is 0 Å². The summed E-state index contributed by atoms with van der Waals surface area (Å²) in [7, 11) is 1.36. The van der Waals surface area contributed by atoms with E-state index in [1.807, 2.05) is 0 Å². The number of carbonyl (C=O) groups excluding carboxylic acids is 3. The molecule has 0 aromatic rings. The van der Waals surface area contributed by atoms with E-state index in [1.54, 1.807) is 41.5 Å². The number of esters is 2. The Morgan fingerprint density at radius 3 is 1.42 bits per heavy atom. The topological polar surface area (TPSA) is 156 Å². The van der Waals surface area contributed by atoms with Crippen molar-refractivity contribution in [3.8, 4) is 0 Å². The number of amides is 1. The quantitative estimate of drug-likeness (QED) is 0.199. The normalized spacial score (nSPS) is 12.2. The minimum absolute atomic E-state index is 0.00382. The third-order valence-corrected chi connectivity index (χ3v) is 4.02. The van der Waals surface area contributed by atoms with Crippen molar-refractivity contribution in [1.82, 2.24) is 5.32 Å². The highest BCUT2D eigenvalue weighted by atomic mass is 16.6. The Hall–Kier alpha value is -2.28. The van der Waals surface area contributed by atoms with Crippen LogP contribution in [-0.2, 0) is 47.6 Å². The second-order valence-electron chi connectivity index (χ2n) is 10.2. The molecule has 0 fully saturated rings. The highest BCUT2D eigenvalue weighted by molar-refractivity contribution is 5.78. The van der Waals surface area contributed by atoms with Crippen LogP contribution in [0, 0.1) is 0 Å². The van der Waals surface area contributed by atoms with Gasteiger partial charge in [-0.05, 0) is 41.5 Å². The second kappa shape index (κ2) is 16.5. The predicted molar refractivity (Wildman–Crippen MR) is 128 cm³/mol. The summed E-state index contributed by atoms with van der Waals surface area (Å²) in [5.41, 5.74) is -2.50. The second-order valence-corrected chi connectivity index (χ2v) is 10.2. The Balaban J connectivity index is 5.23. The fourth-order valence-electron chi connectivity index (χ4n) is 2.75. The van der Waals surface area contributed by atoms with Crippen molar-refractivity contribution < 1.29 is 52.7 Å². The molecule has 0 aliphatic rings. The number of methoxy groups -OCH3 is 1. The number of rotatable bonds is 18. The number of aliphatic carboxylic acids is 1. The Bertz CT molecular complexity index is 659. The Morgan fingerprint density at radius 2 is 1.08 bits per heavy atom. The van der Waals surface area contributed by atoms with Crippen molar-refractivity contribution in [2.45, 2.75) is 77.5 Å². The summed E-state index contributed by atoms with van der Waals surface area (Å²) >= 11 is 0. The molecule has 1 amide bonds. The highest BCUT2D eigenvalue weighted by Crippen LogP contribution is 2.13. The van der Waals surface area contributed by atoms with Gasteiger partial charge in [-0.25, -0.2) is 0 Å². The summed E-state index contributed by atoms with van der Waals surface area (Å²) in [5, 5.41) is 11.6. The lowest BCUT2D eigenvalue weighted by molar-refractivity contribution is -0.157. The molecule has 0 aliphatic carbocycles. The van der Waals surface area contributed by atoms with Gasteiger partial charge in [0, 0.05) is 7.11 Å². The summed E-state index contributed by atoms with van der Waals surface area (Å²) in [6, 6.07) is 0.